The SMILES string of the molecule is CCCCCCCCCCCCN(CCC(N)(N)N)CCC(N)(N)N. The van der Waals surface area contributed by atoms with Crippen LogP contribution in [0, 0.1) is 0 Å². The third-order valence-corrected chi connectivity index (χ3v) is 4.55. The second-order valence-electron chi connectivity index (χ2n) is 7.75. The van der Waals surface area contributed by atoms with E-state index in [-0.39, 0.29) is 0 Å². The number of hydrogen-bond acceptors (Lipinski definition) is 7. The molecule has 7 heteroatoms. The van der Waals surface area contributed by atoms with Crippen LogP contribution < -0.4 is 34.4 Å². The van der Waals surface area contributed by atoms with E-state index in [1.165, 1.54) is 57.8 Å². The molecule has 152 valence electrons. The predicted molar refractivity (Wildman–Crippen MR) is 108 cm³/mol. The van der Waals surface area contributed by atoms with Gasteiger partial charge in [-0.25, -0.2) is 0 Å². The van der Waals surface area contributed by atoms with Gasteiger partial charge in [0.25, 0.3) is 0 Å². The molecule has 0 spiro atoms. The van der Waals surface area contributed by atoms with Crippen molar-refractivity contribution in [3.63, 3.8) is 0 Å². The minimum absolute atomic E-state index is 0.525. The molecule has 0 aliphatic carbocycles. The Morgan fingerprint density at radius 1 is 0.520 bits per heavy atom. The van der Waals surface area contributed by atoms with E-state index in [0.717, 1.165) is 26.1 Å². The summed E-state index contributed by atoms with van der Waals surface area (Å²) in [4.78, 5) is 2.26. The highest BCUT2D eigenvalue weighted by atomic mass is 15.2. The van der Waals surface area contributed by atoms with Crippen LogP contribution in [0.3, 0.4) is 0 Å². The van der Waals surface area contributed by atoms with Gasteiger partial charge in [-0.1, -0.05) is 64.7 Å². The molecule has 25 heavy (non-hydrogen) atoms. The monoisotopic (exact) mass is 359 g/mol. The van der Waals surface area contributed by atoms with Gasteiger partial charge in [0.2, 0.25) is 0 Å². The van der Waals surface area contributed by atoms with Gasteiger partial charge >= 0.3 is 0 Å². The second-order valence-corrected chi connectivity index (χ2v) is 7.75. The van der Waals surface area contributed by atoms with E-state index < -0.39 is 11.6 Å². The van der Waals surface area contributed by atoms with Crippen molar-refractivity contribution >= 4 is 0 Å². The molecular weight excluding hydrogens is 314 g/mol. The first-order chi connectivity index (χ1) is 11.6. The maximum Gasteiger partial charge on any atom is 0.117 e. The van der Waals surface area contributed by atoms with Crippen molar-refractivity contribution in [1.82, 2.24) is 4.90 Å². The van der Waals surface area contributed by atoms with Crippen molar-refractivity contribution in [3.8, 4) is 0 Å². The molecule has 0 aliphatic rings. The molecule has 0 aromatic carbocycles. The van der Waals surface area contributed by atoms with Gasteiger partial charge < -0.3 is 39.3 Å². The van der Waals surface area contributed by atoms with Crippen molar-refractivity contribution in [2.75, 3.05) is 19.6 Å². The lowest BCUT2D eigenvalue weighted by molar-refractivity contribution is 0.214. The zero-order chi connectivity index (χ0) is 19.2. The number of rotatable bonds is 17. The fourth-order valence-corrected chi connectivity index (χ4v) is 2.86. The molecule has 0 radical (unpaired) electrons. The summed E-state index contributed by atoms with van der Waals surface area (Å²) in [6.07, 6.45) is 14.3. The summed E-state index contributed by atoms with van der Waals surface area (Å²) >= 11 is 0. The fraction of sp³-hybridized carbons (Fsp3) is 1.00. The molecule has 0 saturated carbocycles. The van der Waals surface area contributed by atoms with Gasteiger partial charge in [0.05, 0.1) is 0 Å². The Bertz CT molecular complexity index is 279. The summed E-state index contributed by atoms with van der Waals surface area (Å²) in [5.41, 5.74) is 34.0. The van der Waals surface area contributed by atoms with E-state index in [9.17, 15) is 0 Å². The van der Waals surface area contributed by atoms with Gasteiger partial charge in [-0.15, -0.1) is 0 Å². The summed E-state index contributed by atoms with van der Waals surface area (Å²) in [6.45, 7) is 4.70. The first kappa shape index (κ1) is 24.7. The van der Waals surface area contributed by atoms with Crippen molar-refractivity contribution in [1.29, 1.82) is 0 Å². The Kier molecular flexibility index (Phi) is 13.7. The first-order valence-corrected chi connectivity index (χ1v) is 10.1. The first-order valence-electron chi connectivity index (χ1n) is 10.1. The Balaban J connectivity index is 3.82. The van der Waals surface area contributed by atoms with Crippen LogP contribution in [0.25, 0.3) is 0 Å². The van der Waals surface area contributed by atoms with Crippen LogP contribution in [-0.4, -0.2) is 36.1 Å². The molecule has 0 rings (SSSR count). The van der Waals surface area contributed by atoms with Crippen LogP contribution in [0.4, 0.5) is 0 Å². The zero-order valence-corrected chi connectivity index (χ0v) is 16.5. The van der Waals surface area contributed by atoms with E-state index in [1.807, 2.05) is 0 Å². The number of hydrogen-bond donors (Lipinski definition) is 6. The molecule has 0 saturated heterocycles. The van der Waals surface area contributed by atoms with Gasteiger partial charge in [-0.3, -0.25) is 0 Å². The smallest absolute Gasteiger partial charge is 0.117 e. The molecule has 0 atom stereocenters. The summed E-state index contributed by atoms with van der Waals surface area (Å²) < 4.78 is 0. The third-order valence-electron chi connectivity index (χ3n) is 4.55. The minimum atomic E-state index is -1.14. The lowest BCUT2D eigenvalue weighted by atomic mass is 10.1. The number of nitrogens with two attached hydrogens (primary N) is 6. The standard InChI is InChI=1S/C18H45N7/c1-2-3-4-5-6-7-8-9-10-11-14-25(15-12-17(19,20)21)16-13-18(22,23)24/h2-16,19-24H2,1H3. The zero-order valence-electron chi connectivity index (χ0n) is 16.5. The summed E-state index contributed by atoms with van der Waals surface area (Å²) in [7, 11) is 0. The van der Waals surface area contributed by atoms with Crippen LogP contribution in [0.5, 0.6) is 0 Å². The Labute approximate surface area is 155 Å². The maximum absolute atomic E-state index is 5.67. The average molecular weight is 360 g/mol. The van der Waals surface area contributed by atoms with Crippen LogP contribution >= 0.6 is 0 Å². The molecule has 0 heterocycles. The van der Waals surface area contributed by atoms with Crippen molar-refractivity contribution in [2.24, 2.45) is 34.4 Å². The van der Waals surface area contributed by atoms with E-state index in [0.29, 0.717) is 12.8 Å². The van der Waals surface area contributed by atoms with Crippen LogP contribution in [0.15, 0.2) is 0 Å². The maximum atomic E-state index is 5.67. The Hall–Kier alpha value is -0.280. The predicted octanol–water partition coefficient (Wildman–Crippen LogP) is 1.05. The topological polar surface area (TPSA) is 159 Å². The molecule has 0 bridgehead atoms. The Morgan fingerprint density at radius 2 is 0.880 bits per heavy atom. The normalized spacial score (nSPS) is 13.0. The molecule has 0 amide bonds. The Morgan fingerprint density at radius 3 is 1.24 bits per heavy atom. The highest BCUT2D eigenvalue weighted by Gasteiger charge is 2.17. The van der Waals surface area contributed by atoms with E-state index in [2.05, 4.69) is 11.8 Å². The highest BCUT2D eigenvalue weighted by molar-refractivity contribution is 4.74. The average Bonchev–Trinajstić information content (AvgIpc) is 2.49. The molecule has 0 fully saturated rings. The molecule has 0 aromatic rings. The van der Waals surface area contributed by atoms with Gasteiger partial charge in [-0.2, -0.15) is 0 Å². The van der Waals surface area contributed by atoms with E-state index in [4.69, 9.17) is 34.4 Å². The van der Waals surface area contributed by atoms with Crippen LogP contribution in [-0.2, 0) is 0 Å². The van der Waals surface area contributed by atoms with Gasteiger partial charge in [0.1, 0.15) is 11.6 Å². The highest BCUT2D eigenvalue weighted by Crippen LogP contribution is 2.11. The number of nitrogens with zero attached hydrogens (tertiary/aromatic N) is 1. The summed E-state index contributed by atoms with van der Waals surface area (Å²) in [5, 5.41) is 0. The molecular formula is C18H45N7. The summed E-state index contributed by atoms with van der Waals surface area (Å²) in [6, 6.07) is 0. The van der Waals surface area contributed by atoms with Crippen molar-refractivity contribution in [2.45, 2.75) is 95.5 Å². The van der Waals surface area contributed by atoms with E-state index in [1.54, 1.807) is 0 Å². The third kappa shape index (κ3) is 19.9. The van der Waals surface area contributed by atoms with Crippen LogP contribution in [0.2, 0.25) is 0 Å². The molecule has 0 aromatic heterocycles. The van der Waals surface area contributed by atoms with Crippen molar-refractivity contribution in [3.05, 3.63) is 0 Å². The lowest BCUT2D eigenvalue weighted by Gasteiger charge is -2.29. The largest absolute Gasteiger partial charge is 0.303 e. The van der Waals surface area contributed by atoms with Crippen molar-refractivity contribution < 1.29 is 0 Å². The number of unbranched alkanes of at least 4 members (excludes halogenated alkanes) is 9. The second kappa shape index (κ2) is 13.9. The molecule has 12 N–H and O–H groups in total. The van der Waals surface area contributed by atoms with Crippen LogP contribution in [0.1, 0.15) is 84.0 Å². The molecule has 0 unspecified atom stereocenters. The van der Waals surface area contributed by atoms with E-state index >= 15 is 0 Å². The fourth-order valence-electron chi connectivity index (χ4n) is 2.86. The van der Waals surface area contributed by atoms with Gasteiger partial charge in [0, 0.05) is 25.9 Å². The van der Waals surface area contributed by atoms with Gasteiger partial charge in [-0.05, 0) is 13.0 Å². The minimum Gasteiger partial charge on any atom is -0.303 e. The quantitative estimate of drug-likeness (QED) is 0.167. The lowest BCUT2D eigenvalue weighted by Crippen LogP contribution is -2.60. The molecule has 7 nitrogen and oxygen atoms in total. The molecule has 0 aliphatic heterocycles. The summed E-state index contributed by atoms with van der Waals surface area (Å²) in [5.74, 6) is -2.28. The van der Waals surface area contributed by atoms with Gasteiger partial charge in [0.15, 0.2) is 0 Å².